The zero-order valence-corrected chi connectivity index (χ0v) is 22.6. The minimum Gasteiger partial charge on any atom is -0.465 e. The Morgan fingerprint density at radius 3 is 2.31 bits per heavy atom. The number of amides is 1. The summed E-state index contributed by atoms with van der Waals surface area (Å²) in [6, 6.07) is 23.3. The standard InChI is InChI=1S/C31H26N2O5S/c1-19-9-12-23(13-10-19)39(36,37)33-26-14-11-20(2)15-24(26)28-27-22(16-25(29(28)33)31(35)38-3)18-32(30(27)34)17-21-7-5-4-6-8-21/h4-16H,17-18H2,1-3H3. The van der Waals surface area contributed by atoms with Crippen LogP contribution in [0.1, 0.15) is 43.0 Å². The molecule has 0 radical (unpaired) electrons. The maximum Gasteiger partial charge on any atom is 0.340 e. The molecule has 0 atom stereocenters. The summed E-state index contributed by atoms with van der Waals surface area (Å²) in [5.74, 6) is -0.875. The molecule has 196 valence electrons. The van der Waals surface area contributed by atoms with Crippen molar-refractivity contribution >= 4 is 43.7 Å². The number of benzene rings is 4. The van der Waals surface area contributed by atoms with Crippen molar-refractivity contribution in [3.05, 3.63) is 112 Å². The lowest BCUT2D eigenvalue weighted by molar-refractivity contribution is 0.0602. The highest BCUT2D eigenvalue weighted by Gasteiger charge is 2.36. The fourth-order valence-corrected chi connectivity index (χ4v) is 6.96. The Morgan fingerprint density at radius 1 is 0.923 bits per heavy atom. The fraction of sp³-hybridized carbons (Fsp3) is 0.161. The number of carbonyl (C=O) groups is 2. The van der Waals surface area contributed by atoms with E-state index < -0.39 is 16.0 Å². The second kappa shape index (κ2) is 9.10. The van der Waals surface area contributed by atoms with Gasteiger partial charge in [-0.25, -0.2) is 17.2 Å². The number of rotatable bonds is 5. The average Bonchev–Trinajstić information content (AvgIpc) is 3.42. The van der Waals surface area contributed by atoms with Gasteiger partial charge in [0, 0.05) is 23.9 Å². The van der Waals surface area contributed by atoms with E-state index in [0.717, 1.165) is 16.7 Å². The van der Waals surface area contributed by atoms with Crippen molar-refractivity contribution in [1.82, 2.24) is 8.87 Å². The Morgan fingerprint density at radius 2 is 1.62 bits per heavy atom. The highest BCUT2D eigenvalue weighted by molar-refractivity contribution is 7.90. The van der Waals surface area contributed by atoms with Crippen molar-refractivity contribution in [2.24, 2.45) is 0 Å². The minimum atomic E-state index is -4.16. The lowest BCUT2D eigenvalue weighted by Crippen LogP contribution is -2.23. The van der Waals surface area contributed by atoms with Crippen molar-refractivity contribution in [2.75, 3.05) is 7.11 Å². The fourth-order valence-electron chi connectivity index (χ4n) is 5.42. The summed E-state index contributed by atoms with van der Waals surface area (Å²) in [7, 11) is -2.89. The highest BCUT2D eigenvalue weighted by atomic mass is 32.2. The maximum atomic E-state index is 14.2. The van der Waals surface area contributed by atoms with Crippen LogP contribution >= 0.6 is 0 Å². The van der Waals surface area contributed by atoms with Gasteiger partial charge in [0.05, 0.1) is 34.2 Å². The van der Waals surface area contributed by atoms with Crippen LogP contribution in [-0.4, -0.2) is 36.3 Å². The number of carbonyl (C=O) groups excluding carboxylic acids is 2. The van der Waals surface area contributed by atoms with Crippen LogP contribution in [0.2, 0.25) is 0 Å². The summed E-state index contributed by atoms with van der Waals surface area (Å²) in [6.07, 6.45) is 0. The minimum absolute atomic E-state index is 0.0841. The summed E-state index contributed by atoms with van der Waals surface area (Å²) in [4.78, 5) is 28.9. The molecule has 0 fully saturated rings. The maximum absolute atomic E-state index is 14.2. The first-order valence-corrected chi connectivity index (χ1v) is 14.0. The number of ether oxygens (including phenoxy) is 1. The third-order valence-corrected chi connectivity index (χ3v) is 9.00. The van der Waals surface area contributed by atoms with Gasteiger partial charge in [-0.2, -0.15) is 0 Å². The second-order valence-electron chi connectivity index (χ2n) is 9.92. The van der Waals surface area contributed by atoms with E-state index in [4.69, 9.17) is 4.74 Å². The SMILES string of the molecule is COC(=O)c1cc2c(c3c4cc(C)ccc4n(S(=O)(=O)c4ccc(C)cc4)c13)C(=O)N(Cc1ccccc1)C2. The quantitative estimate of drug-likeness (QED) is 0.272. The third-order valence-electron chi connectivity index (χ3n) is 7.27. The summed E-state index contributed by atoms with van der Waals surface area (Å²) in [5, 5.41) is 1.04. The first-order chi connectivity index (χ1) is 18.7. The highest BCUT2D eigenvalue weighted by Crippen LogP contribution is 2.42. The third kappa shape index (κ3) is 3.90. The molecule has 4 aromatic carbocycles. The van der Waals surface area contributed by atoms with Gasteiger partial charge in [-0.3, -0.25) is 4.79 Å². The van der Waals surface area contributed by atoms with E-state index in [1.54, 1.807) is 41.3 Å². The molecule has 5 aromatic rings. The van der Waals surface area contributed by atoms with E-state index in [1.165, 1.54) is 11.1 Å². The molecule has 0 N–H and O–H groups in total. The van der Waals surface area contributed by atoms with Crippen molar-refractivity contribution in [1.29, 1.82) is 0 Å². The van der Waals surface area contributed by atoms with Gasteiger partial charge in [-0.15, -0.1) is 0 Å². The number of nitrogens with zero attached hydrogens (tertiary/aromatic N) is 2. The number of hydrogen-bond acceptors (Lipinski definition) is 5. The van der Waals surface area contributed by atoms with Crippen molar-refractivity contribution in [3.63, 3.8) is 0 Å². The lowest BCUT2D eigenvalue weighted by atomic mass is 9.98. The zero-order chi connectivity index (χ0) is 27.5. The molecule has 0 aliphatic carbocycles. The van der Waals surface area contributed by atoms with E-state index in [-0.39, 0.29) is 21.9 Å². The summed E-state index contributed by atoms with van der Waals surface area (Å²) >= 11 is 0. The van der Waals surface area contributed by atoms with Gasteiger partial charge >= 0.3 is 5.97 Å². The van der Waals surface area contributed by atoms with E-state index in [2.05, 4.69) is 0 Å². The van der Waals surface area contributed by atoms with Gasteiger partial charge in [0.1, 0.15) is 0 Å². The molecule has 0 unspecified atom stereocenters. The molecule has 8 heteroatoms. The molecule has 0 saturated heterocycles. The molecule has 39 heavy (non-hydrogen) atoms. The van der Waals surface area contributed by atoms with Crippen LogP contribution in [0.4, 0.5) is 0 Å². The van der Waals surface area contributed by atoms with Gasteiger partial charge in [-0.05, 0) is 55.3 Å². The van der Waals surface area contributed by atoms with Crippen LogP contribution in [-0.2, 0) is 27.8 Å². The molecule has 1 aliphatic rings. The van der Waals surface area contributed by atoms with Crippen LogP contribution in [0, 0.1) is 13.8 Å². The van der Waals surface area contributed by atoms with Crippen LogP contribution in [0.3, 0.4) is 0 Å². The average molecular weight is 539 g/mol. The van der Waals surface area contributed by atoms with Crippen molar-refractivity contribution in [3.8, 4) is 0 Å². The zero-order valence-electron chi connectivity index (χ0n) is 21.8. The Bertz CT molecular complexity index is 1910. The molecule has 0 bridgehead atoms. The van der Waals surface area contributed by atoms with Gasteiger partial charge in [0.15, 0.2) is 0 Å². The Balaban J connectivity index is 1.69. The normalized spacial score (nSPS) is 13.3. The molecular weight excluding hydrogens is 512 g/mol. The number of fused-ring (bicyclic) bond motifs is 5. The smallest absolute Gasteiger partial charge is 0.340 e. The van der Waals surface area contributed by atoms with Gasteiger partial charge in [0.25, 0.3) is 15.9 Å². The van der Waals surface area contributed by atoms with Crippen molar-refractivity contribution in [2.45, 2.75) is 31.8 Å². The van der Waals surface area contributed by atoms with Crippen LogP contribution in [0.5, 0.6) is 0 Å². The largest absolute Gasteiger partial charge is 0.465 e. The van der Waals surface area contributed by atoms with Gasteiger partial charge in [-0.1, -0.05) is 59.7 Å². The molecule has 7 nitrogen and oxygen atoms in total. The monoisotopic (exact) mass is 538 g/mol. The van der Waals surface area contributed by atoms with E-state index in [0.29, 0.717) is 40.5 Å². The second-order valence-corrected chi connectivity index (χ2v) is 11.7. The first-order valence-electron chi connectivity index (χ1n) is 12.5. The van der Waals surface area contributed by atoms with Gasteiger partial charge < -0.3 is 9.64 Å². The molecule has 0 spiro atoms. The topological polar surface area (TPSA) is 85.7 Å². The number of methoxy groups -OCH3 is 1. The molecule has 1 aliphatic heterocycles. The Kier molecular flexibility index (Phi) is 5.80. The van der Waals surface area contributed by atoms with Gasteiger partial charge in [0.2, 0.25) is 0 Å². The number of esters is 1. The van der Waals surface area contributed by atoms with Crippen LogP contribution in [0.25, 0.3) is 21.8 Å². The van der Waals surface area contributed by atoms with Crippen LogP contribution in [0.15, 0.2) is 83.8 Å². The summed E-state index contributed by atoms with van der Waals surface area (Å²) < 4.78 is 34.7. The first kappa shape index (κ1) is 24.9. The Labute approximate surface area is 226 Å². The number of aromatic nitrogens is 1. The van der Waals surface area contributed by atoms with E-state index >= 15 is 0 Å². The summed E-state index contributed by atoms with van der Waals surface area (Å²) in [5.41, 5.74) is 4.52. The predicted molar refractivity (Wildman–Crippen MR) is 149 cm³/mol. The molecule has 2 heterocycles. The molecule has 1 aromatic heterocycles. The molecular formula is C31H26N2O5S. The van der Waals surface area contributed by atoms with Crippen molar-refractivity contribution < 1.29 is 22.7 Å². The molecule has 1 amide bonds. The lowest BCUT2D eigenvalue weighted by Gasteiger charge is -2.15. The number of aryl methyl sites for hydroxylation is 2. The summed E-state index contributed by atoms with van der Waals surface area (Å²) in [6.45, 7) is 4.48. The Hall–Kier alpha value is -4.43. The number of hydrogen-bond donors (Lipinski definition) is 0. The molecule has 6 rings (SSSR count). The van der Waals surface area contributed by atoms with Crippen LogP contribution < -0.4 is 0 Å². The molecule has 0 saturated carbocycles. The predicted octanol–water partition coefficient (Wildman–Crippen LogP) is 5.59. The van der Waals surface area contributed by atoms with E-state index in [9.17, 15) is 18.0 Å². The van der Waals surface area contributed by atoms with E-state index in [1.807, 2.05) is 56.3 Å².